The lowest BCUT2D eigenvalue weighted by Gasteiger charge is -2.22. The summed E-state index contributed by atoms with van der Waals surface area (Å²) in [5.74, 6) is -0.0466. The molecule has 1 saturated heterocycles. The second kappa shape index (κ2) is 6.06. The minimum Gasteiger partial charge on any atom is -0.507 e. The van der Waals surface area contributed by atoms with Gasteiger partial charge in [0.15, 0.2) is 0 Å². The van der Waals surface area contributed by atoms with E-state index in [-0.39, 0.29) is 11.7 Å². The number of benzene rings is 1. The van der Waals surface area contributed by atoms with Crippen LogP contribution in [0.1, 0.15) is 28.8 Å². The van der Waals surface area contributed by atoms with Crippen molar-refractivity contribution in [2.24, 2.45) is 0 Å². The highest BCUT2D eigenvalue weighted by atomic mass is 16.3. The highest BCUT2D eigenvalue weighted by molar-refractivity contribution is 5.96. The Morgan fingerprint density at radius 2 is 2.05 bits per heavy atom. The van der Waals surface area contributed by atoms with E-state index in [0.717, 1.165) is 25.2 Å². The highest BCUT2D eigenvalue weighted by Crippen LogP contribution is 2.19. The van der Waals surface area contributed by atoms with Crippen molar-refractivity contribution in [3.05, 3.63) is 29.3 Å². The molecule has 1 N–H and O–H groups in total. The Morgan fingerprint density at radius 1 is 1.37 bits per heavy atom. The molecule has 1 aromatic rings. The molecule has 0 aliphatic carbocycles. The summed E-state index contributed by atoms with van der Waals surface area (Å²) < 4.78 is 0. The number of rotatable bonds is 4. The van der Waals surface area contributed by atoms with Crippen molar-refractivity contribution in [3.63, 3.8) is 0 Å². The van der Waals surface area contributed by atoms with Crippen LogP contribution in [0.15, 0.2) is 18.2 Å². The SMILES string of the molecule is Cc1ccc(C(=O)N(C)CCN2CCCC2)c(O)c1. The molecule has 1 aliphatic heterocycles. The van der Waals surface area contributed by atoms with E-state index in [2.05, 4.69) is 4.90 Å². The van der Waals surface area contributed by atoms with E-state index in [1.165, 1.54) is 12.8 Å². The molecular weight excluding hydrogens is 240 g/mol. The van der Waals surface area contributed by atoms with Gasteiger partial charge in [-0.3, -0.25) is 4.79 Å². The Bertz CT molecular complexity index is 453. The molecule has 1 aromatic carbocycles. The smallest absolute Gasteiger partial charge is 0.257 e. The summed E-state index contributed by atoms with van der Waals surface area (Å²) >= 11 is 0. The Kier molecular flexibility index (Phi) is 4.43. The molecule has 0 atom stereocenters. The first kappa shape index (κ1) is 13.9. The van der Waals surface area contributed by atoms with Gasteiger partial charge >= 0.3 is 0 Å². The number of amides is 1. The maximum absolute atomic E-state index is 12.2. The van der Waals surface area contributed by atoms with Gasteiger partial charge < -0.3 is 14.9 Å². The minimum absolute atomic E-state index is 0.0676. The van der Waals surface area contributed by atoms with Gasteiger partial charge in [0.05, 0.1) is 5.56 Å². The molecule has 1 heterocycles. The third-order valence-electron chi connectivity index (χ3n) is 3.68. The zero-order chi connectivity index (χ0) is 13.8. The van der Waals surface area contributed by atoms with Crippen LogP contribution < -0.4 is 0 Å². The van der Waals surface area contributed by atoms with Gasteiger partial charge in [-0.15, -0.1) is 0 Å². The van der Waals surface area contributed by atoms with Crippen LogP contribution in [0.2, 0.25) is 0 Å². The normalized spacial score (nSPS) is 15.7. The summed E-state index contributed by atoms with van der Waals surface area (Å²) in [4.78, 5) is 16.3. The molecule has 1 aliphatic rings. The summed E-state index contributed by atoms with van der Waals surface area (Å²) in [6, 6.07) is 5.17. The first-order valence-corrected chi connectivity index (χ1v) is 6.85. The van der Waals surface area contributed by atoms with E-state index in [1.807, 2.05) is 13.0 Å². The largest absolute Gasteiger partial charge is 0.507 e. The van der Waals surface area contributed by atoms with E-state index in [9.17, 15) is 9.90 Å². The summed E-state index contributed by atoms with van der Waals surface area (Å²) in [5, 5.41) is 9.83. The summed E-state index contributed by atoms with van der Waals surface area (Å²) in [5.41, 5.74) is 1.34. The van der Waals surface area contributed by atoms with Crippen LogP contribution in [-0.2, 0) is 0 Å². The lowest BCUT2D eigenvalue weighted by molar-refractivity contribution is 0.0779. The van der Waals surface area contributed by atoms with Crippen molar-refractivity contribution in [1.29, 1.82) is 0 Å². The van der Waals surface area contributed by atoms with Crippen LogP contribution in [0.4, 0.5) is 0 Å². The zero-order valence-electron chi connectivity index (χ0n) is 11.7. The zero-order valence-corrected chi connectivity index (χ0v) is 11.7. The molecule has 1 fully saturated rings. The minimum atomic E-state index is -0.114. The van der Waals surface area contributed by atoms with Crippen LogP contribution in [0.25, 0.3) is 0 Å². The van der Waals surface area contributed by atoms with E-state index in [4.69, 9.17) is 0 Å². The standard InChI is InChI=1S/C15H22N2O2/c1-12-5-6-13(14(18)11-12)15(19)16(2)9-10-17-7-3-4-8-17/h5-6,11,18H,3-4,7-10H2,1-2H3. The third kappa shape index (κ3) is 3.47. The van der Waals surface area contributed by atoms with E-state index >= 15 is 0 Å². The number of phenolic OH excluding ortho intramolecular Hbond substituents is 1. The maximum Gasteiger partial charge on any atom is 0.257 e. The molecule has 4 heteroatoms. The Labute approximate surface area is 114 Å². The van der Waals surface area contributed by atoms with Crippen LogP contribution in [0.3, 0.4) is 0 Å². The van der Waals surface area contributed by atoms with Gasteiger partial charge in [-0.05, 0) is 50.6 Å². The summed E-state index contributed by atoms with van der Waals surface area (Å²) in [7, 11) is 1.79. The van der Waals surface area contributed by atoms with Gasteiger partial charge in [0.1, 0.15) is 5.75 Å². The molecule has 4 nitrogen and oxygen atoms in total. The molecule has 104 valence electrons. The lowest BCUT2D eigenvalue weighted by atomic mass is 10.1. The van der Waals surface area contributed by atoms with Crippen molar-refractivity contribution in [2.45, 2.75) is 19.8 Å². The molecule has 0 bridgehead atoms. The van der Waals surface area contributed by atoms with Gasteiger partial charge in [-0.25, -0.2) is 0 Å². The summed E-state index contributed by atoms with van der Waals surface area (Å²) in [6.07, 6.45) is 2.52. The summed E-state index contributed by atoms with van der Waals surface area (Å²) in [6.45, 7) is 5.78. The number of hydrogen-bond acceptors (Lipinski definition) is 3. The van der Waals surface area contributed by atoms with Crippen molar-refractivity contribution in [3.8, 4) is 5.75 Å². The van der Waals surface area contributed by atoms with Crippen molar-refractivity contribution in [2.75, 3.05) is 33.2 Å². The second-order valence-corrected chi connectivity index (χ2v) is 5.30. The number of likely N-dealkylation sites (N-methyl/N-ethyl adjacent to an activating group) is 1. The van der Waals surface area contributed by atoms with Crippen LogP contribution in [0, 0.1) is 6.92 Å². The number of aromatic hydroxyl groups is 1. The molecule has 2 rings (SSSR count). The Balaban J connectivity index is 1.94. The van der Waals surface area contributed by atoms with Crippen LogP contribution in [0.5, 0.6) is 5.75 Å². The molecule has 0 aromatic heterocycles. The predicted octanol–water partition coefficient (Wildman–Crippen LogP) is 1.87. The second-order valence-electron chi connectivity index (χ2n) is 5.30. The molecule has 0 saturated carbocycles. The fraction of sp³-hybridized carbons (Fsp3) is 0.533. The van der Waals surface area contributed by atoms with Gasteiger partial charge in [0.2, 0.25) is 0 Å². The number of aryl methyl sites for hydroxylation is 1. The number of carbonyl (C=O) groups is 1. The maximum atomic E-state index is 12.2. The first-order chi connectivity index (χ1) is 9.08. The quantitative estimate of drug-likeness (QED) is 0.901. The first-order valence-electron chi connectivity index (χ1n) is 6.85. The molecule has 0 radical (unpaired) electrons. The van der Waals surface area contributed by atoms with E-state index < -0.39 is 0 Å². The molecule has 0 unspecified atom stereocenters. The third-order valence-corrected chi connectivity index (χ3v) is 3.68. The van der Waals surface area contributed by atoms with Gasteiger partial charge in [-0.1, -0.05) is 6.07 Å². The fourth-order valence-corrected chi connectivity index (χ4v) is 2.43. The fourth-order valence-electron chi connectivity index (χ4n) is 2.43. The van der Waals surface area contributed by atoms with Gasteiger partial charge in [0.25, 0.3) is 5.91 Å². The van der Waals surface area contributed by atoms with Crippen LogP contribution >= 0.6 is 0 Å². The van der Waals surface area contributed by atoms with Crippen LogP contribution in [-0.4, -0.2) is 54.0 Å². The van der Waals surface area contributed by atoms with Gasteiger partial charge in [0, 0.05) is 20.1 Å². The average Bonchev–Trinajstić information content (AvgIpc) is 2.88. The lowest BCUT2D eigenvalue weighted by Crippen LogP contribution is -2.35. The highest BCUT2D eigenvalue weighted by Gasteiger charge is 2.17. The van der Waals surface area contributed by atoms with E-state index in [0.29, 0.717) is 12.1 Å². The number of nitrogens with zero attached hydrogens (tertiary/aromatic N) is 2. The number of carbonyl (C=O) groups excluding carboxylic acids is 1. The Hall–Kier alpha value is -1.55. The number of likely N-dealkylation sites (tertiary alicyclic amines) is 1. The number of phenols is 1. The molecule has 1 amide bonds. The average molecular weight is 262 g/mol. The van der Waals surface area contributed by atoms with Crippen molar-refractivity contribution in [1.82, 2.24) is 9.80 Å². The molecule has 19 heavy (non-hydrogen) atoms. The monoisotopic (exact) mass is 262 g/mol. The Morgan fingerprint density at radius 3 is 2.68 bits per heavy atom. The number of hydrogen-bond donors (Lipinski definition) is 1. The molecule has 0 spiro atoms. The topological polar surface area (TPSA) is 43.8 Å². The van der Waals surface area contributed by atoms with E-state index in [1.54, 1.807) is 24.1 Å². The van der Waals surface area contributed by atoms with Crippen molar-refractivity contribution < 1.29 is 9.90 Å². The predicted molar refractivity (Wildman–Crippen MR) is 75.5 cm³/mol. The van der Waals surface area contributed by atoms with Crippen molar-refractivity contribution >= 4 is 5.91 Å². The molecular formula is C15H22N2O2. The van der Waals surface area contributed by atoms with Gasteiger partial charge in [-0.2, -0.15) is 0 Å².